The molecule has 0 aliphatic carbocycles. The number of benzene rings is 2. The lowest BCUT2D eigenvalue weighted by Crippen LogP contribution is -2.20. The summed E-state index contributed by atoms with van der Waals surface area (Å²) in [6.45, 7) is -0.221. The highest BCUT2D eigenvalue weighted by Gasteiger charge is 2.12. The van der Waals surface area contributed by atoms with Crippen LogP contribution in [0.1, 0.15) is 5.56 Å². The first-order chi connectivity index (χ1) is 16.7. The molecular weight excluding hydrogens is 430 g/mol. The minimum absolute atomic E-state index is 0.221. The third kappa shape index (κ3) is 4.28. The summed E-state index contributed by atoms with van der Waals surface area (Å²) in [6, 6.07) is 25.4. The van der Waals surface area contributed by atoms with Gasteiger partial charge in [0.2, 0.25) is 5.82 Å². The van der Waals surface area contributed by atoms with E-state index in [1.165, 1.54) is 0 Å². The van der Waals surface area contributed by atoms with E-state index in [9.17, 15) is 4.79 Å². The van der Waals surface area contributed by atoms with Gasteiger partial charge in [-0.1, -0.05) is 30.3 Å². The summed E-state index contributed by atoms with van der Waals surface area (Å²) in [7, 11) is 0. The van der Waals surface area contributed by atoms with Gasteiger partial charge in [0.05, 0.1) is 11.3 Å². The maximum atomic E-state index is 12.4. The Morgan fingerprint density at radius 1 is 0.971 bits per heavy atom. The molecule has 3 aromatic heterocycles. The third-order valence-corrected chi connectivity index (χ3v) is 4.97. The Labute approximate surface area is 194 Å². The average Bonchev–Trinajstić information content (AvgIpc) is 3.31. The molecule has 0 aliphatic heterocycles. The lowest BCUT2D eigenvalue weighted by Gasteiger charge is -2.10. The molecule has 9 nitrogen and oxygen atoms in total. The minimum atomic E-state index is -0.343. The molecule has 5 rings (SSSR count). The number of amides is 1. The summed E-state index contributed by atoms with van der Waals surface area (Å²) in [5.74, 6) is 0.560. The number of anilines is 1. The molecule has 0 saturated heterocycles. The first-order valence-electron chi connectivity index (χ1n) is 10.4. The Morgan fingerprint density at radius 3 is 2.71 bits per heavy atom. The Bertz CT molecular complexity index is 1520. The molecule has 1 amide bonds. The maximum absolute atomic E-state index is 12.4. The van der Waals surface area contributed by atoms with Gasteiger partial charge >= 0.3 is 0 Å². The minimum Gasteiger partial charge on any atom is -0.482 e. The van der Waals surface area contributed by atoms with Crippen LogP contribution in [0, 0.1) is 11.3 Å². The molecule has 0 fully saturated rings. The Morgan fingerprint density at radius 2 is 1.85 bits per heavy atom. The molecule has 5 aromatic rings. The summed E-state index contributed by atoms with van der Waals surface area (Å²) in [4.78, 5) is 16.7. The summed E-state index contributed by atoms with van der Waals surface area (Å²) in [5, 5.41) is 25.0. The first-order valence-corrected chi connectivity index (χ1v) is 10.4. The fourth-order valence-electron chi connectivity index (χ4n) is 3.38. The zero-order valence-electron chi connectivity index (χ0n) is 17.8. The van der Waals surface area contributed by atoms with Crippen molar-refractivity contribution in [3.63, 3.8) is 0 Å². The van der Waals surface area contributed by atoms with E-state index >= 15 is 0 Å². The molecule has 1 N–H and O–H groups in total. The molecule has 34 heavy (non-hydrogen) atoms. The van der Waals surface area contributed by atoms with Crippen molar-refractivity contribution in [2.75, 3.05) is 11.9 Å². The zero-order valence-corrected chi connectivity index (χ0v) is 17.8. The van der Waals surface area contributed by atoms with Crippen molar-refractivity contribution >= 4 is 17.2 Å². The van der Waals surface area contributed by atoms with Crippen molar-refractivity contribution in [2.45, 2.75) is 0 Å². The Balaban J connectivity index is 1.35. The van der Waals surface area contributed by atoms with Gasteiger partial charge in [0.1, 0.15) is 17.5 Å². The number of fused-ring (bicyclic) bond motifs is 1. The van der Waals surface area contributed by atoms with Gasteiger partial charge in [-0.3, -0.25) is 9.78 Å². The van der Waals surface area contributed by atoms with E-state index in [1.54, 1.807) is 41.0 Å². The standard InChI is InChI=1S/C25H17N7O2/c26-15-18-6-1-2-10-22(18)34-16-24(33)28-19-8-5-7-17(14-19)20-11-12-23-29-30-25(32(23)31-20)21-9-3-4-13-27-21/h1-14H,16H2,(H,28,33). The lowest BCUT2D eigenvalue weighted by molar-refractivity contribution is -0.118. The second-order valence-corrected chi connectivity index (χ2v) is 7.25. The predicted molar refractivity (Wildman–Crippen MR) is 125 cm³/mol. The van der Waals surface area contributed by atoms with Crippen molar-refractivity contribution < 1.29 is 9.53 Å². The molecule has 9 heteroatoms. The second kappa shape index (κ2) is 9.18. The first kappa shape index (κ1) is 20.8. The number of nitrogens with one attached hydrogen (secondary N) is 1. The number of ether oxygens (including phenoxy) is 1. The predicted octanol–water partition coefficient (Wildman–Crippen LogP) is 3.74. The fraction of sp³-hybridized carbons (Fsp3) is 0.0400. The number of rotatable bonds is 6. The second-order valence-electron chi connectivity index (χ2n) is 7.25. The van der Waals surface area contributed by atoms with Crippen LogP contribution in [0.25, 0.3) is 28.4 Å². The molecule has 0 spiro atoms. The van der Waals surface area contributed by atoms with Crippen LogP contribution >= 0.6 is 0 Å². The molecular formula is C25H17N7O2. The Kier molecular flexibility index (Phi) is 5.61. The van der Waals surface area contributed by atoms with Crippen molar-refractivity contribution in [1.29, 1.82) is 5.26 Å². The van der Waals surface area contributed by atoms with Crippen LogP contribution in [-0.2, 0) is 4.79 Å². The SMILES string of the molecule is N#Cc1ccccc1OCC(=O)Nc1cccc(-c2ccc3nnc(-c4ccccn4)n3n2)c1. The topological polar surface area (TPSA) is 118 Å². The lowest BCUT2D eigenvalue weighted by atomic mass is 10.1. The summed E-state index contributed by atoms with van der Waals surface area (Å²) < 4.78 is 7.14. The molecule has 2 aromatic carbocycles. The van der Waals surface area contributed by atoms with Crippen LogP contribution in [0.3, 0.4) is 0 Å². The summed E-state index contributed by atoms with van der Waals surface area (Å²) in [6.07, 6.45) is 1.69. The van der Waals surface area contributed by atoms with Gasteiger partial charge in [-0.05, 0) is 48.5 Å². The van der Waals surface area contributed by atoms with E-state index in [0.717, 1.165) is 5.56 Å². The van der Waals surface area contributed by atoms with Gasteiger partial charge in [-0.25, -0.2) is 0 Å². The summed E-state index contributed by atoms with van der Waals surface area (Å²) in [5.41, 5.74) is 3.71. The molecule has 164 valence electrons. The number of nitriles is 1. The van der Waals surface area contributed by atoms with Crippen molar-refractivity contribution in [1.82, 2.24) is 24.8 Å². The van der Waals surface area contributed by atoms with Crippen molar-refractivity contribution in [3.05, 3.63) is 90.6 Å². The smallest absolute Gasteiger partial charge is 0.262 e. The maximum Gasteiger partial charge on any atom is 0.262 e. The van der Waals surface area contributed by atoms with Crippen LogP contribution in [0.5, 0.6) is 5.75 Å². The Hall–Kier alpha value is -5.10. The van der Waals surface area contributed by atoms with E-state index in [0.29, 0.717) is 39.9 Å². The molecule has 0 radical (unpaired) electrons. The number of carbonyl (C=O) groups is 1. The number of hydrogen-bond donors (Lipinski definition) is 1. The van der Waals surface area contributed by atoms with Crippen LogP contribution < -0.4 is 10.1 Å². The normalized spacial score (nSPS) is 10.6. The third-order valence-electron chi connectivity index (χ3n) is 4.97. The van der Waals surface area contributed by atoms with E-state index in [4.69, 9.17) is 10.00 Å². The van der Waals surface area contributed by atoms with Gasteiger partial charge in [-0.2, -0.15) is 14.9 Å². The van der Waals surface area contributed by atoms with Crippen LogP contribution in [0.15, 0.2) is 85.1 Å². The average molecular weight is 447 g/mol. The van der Waals surface area contributed by atoms with E-state index in [1.807, 2.05) is 54.6 Å². The van der Waals surface area contributed by atoms with E-state index in [2.05, 4.69) is 25.6 Å². The van der Waals surface area contributed by atoms with Crippen LogP contribution in [0.4, 0.5) is 5.69 Å². The number of carbonyl (C=O) groups excluding carboxylic acids is 1. The fourth-order valence-corrected chi connectivity index (χ4v) is 3.38. The molecule has 0 unspecified atom stereocenters. The van der Waals surface area contributed by atoms with Crippen LogP contribution in [-0.4, -0.2) is 37.3 Å². The molecule has 0 atom stereocenters. The number of pyridine rings is 1. The number of nitrogens with zero attached hydrogens (tertiary/aromatic N) is 6. The van der Waals surface area contributed by atoms with E-state index < -0.39 is 0 Å². The van der Waals surface area contributed by atoms with Crippen LogP contribution in [0.2, 0.25) is 0 Å². The summed E-state index contributed by atoms with van der Waals surface area (Å²) >= 11 is 0. The van der Waals surface area contributed by atoms with Gasteiger partial charge in [0.25, 0.3) is 5.91 Å². The highest BCUT2D eigenvalue weighted by Crippen LogP contribution is 2.23. The van der Waals surface area contributed by atoms with Gasteiger partial charge in [0, 0.05) is 17.4 Å². The number of para-hydroxylation sites is 1. The monoisotopic (exact) mass is 447 g/mol. The number of aromatic nitrogens is 5. The number of hydrogen-bond acceptors (Lipinski definition) is 7. The quantitative estimate of drug-likeness (QED) is 0.421. The van der Waals surface area contributed by atoms with E-state index in [-0.39, 0.29) is 12.5 Å². The van der Waals surface area contributed by atoms with Gasteiger partial charge in [0.15, 0.2) is 12.3 Å². The molecule has 0 aliphatic rings. The highest BCUT2D eigenvalue weighted by molar-refractivity contribution is 5.92. The highest BCUT2D eigenvalue weighted by atomic mass is 16.5. The van der Waals surface area contributed by atoms with Crippen molar-refractivity contribution in [2.24, 2.45) is 0 Å². The van der Waals surface area contributed by atoms with Gasteiger partial charge in [-0.15, -0.1) is 10.2 Å². The zero-order chi connectivity index (χ0) is 23.3. The largest absolute Gasteiger partial charge is 0.482 e. The molecule has 0 bridgehead atoms. The van der Waals surface area contributed by atoms with Crippen molar-refractivity contribution in [3.8, 4) is 34.6 Å². The molecule has 3 heterocycles. The van der Waals surface area contributed by atoms with Gasteiger partial charge < -0.3 is 10.1 Å². The molecule has 0 saturated carbocycles.